The molecule has 0 aromatic heterocycles. The molecule has 0 radical (unpaired) electrons. The molecule has 1 saturated heterocycles. The Bertz CT molecular complexity index is 376. The lowest BCUT2D eigenvalue weighted by atomic mass is 10.1. The first-order chi connectivity index (χ1) is 8.20. The molecule has 1 fully saturated rings. The van der Waals surface area contributed by atoms with E-state index in [1.807, 2.05) is 0 Å². The Morgan fingerprint density at radius 3 is 2.53 bits per heavy atom. The molecule has 0 bridgehead atoms. The number of benzene rings is 1. The van der Waals surface area contributed by atoms with Crippen LogP contribution in [-0.4, -0.2) is 43.4 Å². The van der Waals surface area contributed by atoms with E-state index in [0.29, 0.717) is 0 Å². The van der Waals surface area contributed by atoms with Crippen molar-refractivity contribution in [3.05, 3.63) is 28.2 Å². The first-order valence-electron chi connectivity index (χ1n) is 6.05. The Hall–Kier alpha value is -0.190. The van der Waals surface area contributed by atoms with Gasteiger partial charge in [-0.1, -0.05) is 15.9 Å². The number of piperazine rings is 1. The summed E-state index contributed by atoms with van der Waals surface area (Å²) in [6.45, 7) is 7.83. The van der Waals surface area contributed by atoms with Gasteiger partial charge in [0.25, 0.3) is 0 Å². The van der Waals surface area contributed by atoms with Crippen LogP contribution in [0.1, 0.15) is 5.56 Å². The maximum atomic E-state index is 4.29. The van der Waals surface area contributed by atoms with Crippen LogP contribution < -0.4 is 4.90 Å². The van der Waals surface area contributed by atoms with Crippen LogP contribution in [0.5, 0.6) is 0 Å². The quantitative estimate of drug-likeness (QED) is 0.857. The fourth-order valence-corrected chi connectivity index (χ4v) is 3.09. The van der Waals surface area contributed by atoms with E-state index in [9.17, 15) is 0 Å². The van der Waals surface area contributed by atoms with E-state index in [1.165, 1.54) is 11.3 Å². The SMILES string of the molecule is Cc1cc(Br)ccc1N1CCN(CCS)CC1. The monoisotopic (exact) mass is 314 g/mol. The number of hydrogen-bond donors (Lipinski definition) is 1. The topological polar surface area (TPSA) is 6.48 Å². The second-order valence-corrected chi connectivity index (χ2v) is 5.85. The molecule has 17 heavy (non-hydrogen) atoms. The van der Waals surface area contributed by atoms with Crippen molar-refractivity contribution in [2.45, 2.75) is 6.92 Å². The molecule has 0 atom stereocenters. The number of aryl methyl sites for hydroxylation is 1. The number of rotatable bonds is 3. The van der Waals surface area contributed by atoms with Crippen molar-refractivity contribution in [1.82, 2.24) is 4.90 Å². The van der Waals surface area contributed by atoms with Crippen molar-refractivity contribution in [2.24, 2.45) is 0 Å². The largest absolute Gasteiger partial charge is 0.369 e. The van der Waals surface area contributed by atoms with E-state index in [-0.39, 0.29) is 0 Å². The zero-order valence-electron chi connectivity index (χ0n) is 10.2. The van der Waals surface area contributed by atoms with E-state index < -0.39 is 0 Å². The van der Waals surface area contributed by atoms with Gasteiger partial charge in [-0.3, -0.25) is 4.90 Å². The first-order valence-corrected chi connectivity index (χ1v) is 7.47. The fraction of sp³-hybridized carbons (Fsp3) is 0.538. The van der Waals surface area contributed by atoms with E-state index >= 15 is 0 Å². The summed E-state index contributed by atoms with van der Waals surface area (Å²) in [4.78, 5) is 4.97. The molecule has 1 aliphatic rings. The summed E-state index contributed by atoms with van der Waals surface area (Å²) in [5.74, 6) is 0.956. The molecule has 94 valence electrons. The van der Waals surface area contributed by atoms with Gasteiger partial charge in [0.15, 0.2) is 0 Å². The summed E-state index contributed by atoms with van der Waals surface area (Å²) in [5.41, 5.74) is 2.72. The lowest BCUT2D eigenvalue weighted by Gasteiger charge is -2.36. The standard InChI is InChI=1S/C13H19BrN2S/c1-11-10-12(14)2-3-13(11)16-6-4-15(5-7-16)8-9-17/h2-3,10,17H,4-9H2,1H3. The predicted molar refractivity (Wildman–Crippen MR) is 81.4 cm³/mol. The number of nitrogens with zero attached hydrogens (tertiary/aromatic N) is 2. The number of anilines is 1. The zero-order valence-corrected chi connectivity index (χ0v) is 12.7. The van der Waals surface area contributed by atoms with Crippen LogP contribution in [0, 0.1) is 6.92 Å². The van der Waals surface area contributed by atoms with Crippen LogP contribution in [0.3, 0.4) is 0 Å². The highest BCUT2D eigenvalue weighted by molar-refractivity contribution is 9.10. The number of thiol groups is 1. The Kier molecular flexibility index (Phi) is 4.77. The number of halogens is 1. The number of hydrogen-bond acceptors (Lipinski definition) is 3. The van der Waals surface area contributed by atoms with E-state index in [0.717, 1.165) is 42.9 Å². The van der Waals surface area contributed by atoms with Gasteiger partial charge in [0.2, 0.25) is 0 Å². The van der Waals surface area contributed by atoms with Gasteiger partial charge in [0.05, 0.1) is 0 Å². The lowest BCUT2D eigenvalue weighted by Crippen LogP contribution is -2.47. The smallest absolute Gasteiger partial charge is 0.0397 e. The van der Waals surface area contributed by atoms with E-state index in [2.05, 4.69) is 63.5 Å². The summed E-state index contributed by atoms with van der Waals surface area (Å²) < 4.78 is 1.16. The van der Waals surface area contributed by atoms with Gasteiger partial charge in [-0.15, -0.1) is 0 Å². The predicted octanol–water partition coefficient (Wildman–Crippen LogP) is 2.81. The summed E-state index contributed by atoms with van der Waals surface area (Å²) in [7, 11) is 0. The molecule has 0 amide bonds. The van der Waals surface area contributed by atoms with Crippen LogP contribution in [0.4, 0.5) is 5.69 Å². The summed E-state index contributed by atoms with van der Waals surface area (Å²) >= 11 is 7.81. The molecule has 1 aliphatic heterocycles. The molecule has 4 heteroatoms. The molecule has 0 N–H and O–H groups in total. The molecular formula is C13H19BrN2S. The van der Waals surface area contributed by atoms with Gasteiger partial charge < -0.3 is 4.90 Å². The minimum absolute atomic E-state index is 0.956. The van der Waals surface area contributed by atoms with Gasteiger partial charge in [-0.25, -0.2) is 0 Å². The van der Waals surface area contributed by atoms with Gasteiger partial charge in [-0.05, 0) is 30.7 Å². The maximum Gasteiger partial charge on any atom is 0.0397 e. The van der Waals surface area contributed by atoms with Gasteiger partial charge >= 0.3 is 0 Å². The average molecular weight is 315 g/mol. The van der Waals surface area contributed by atoms with E-state index in [1.54, 1.807) is 0 Å². The Labute approximate surface area is 118 Å². The molecule has 1 aromatic carbocycles. The van der Waals surface area contributed by atoms with Gasteiger partial charge in [0.1, 0.15) is 0 Å². The van der Waals surface area contributed by atoms with Crippen LogP contribution in [0.25, 0.3) is 0 Å². The second kappa shape index (κ2) is 6.12. The van der Waals surface area contributed by atoms with Gasteiger partial charge in [0, 0.05) is 48.6 Å². The van der Waals surface area contributed by atoms with Gasteiger partial charge in [-0.2, -0.15) is 12.6 Å². The van der Waals surface area contributed by atoms with Crippen LogP contribution in [0.2, 0.25) is 0 Å². The zero-order chi connectivity index (χ0) is 12.3. The minimum Gasteiger partial charge on any atom is -0.369 e. The third-order valence-electron chi connectivity index (χ3n) is 3.29. The fourth-order valence-electron chi connectivity index (χ4n) is 2.33. The van der Waals surface area contributed by atoms with Crippen molar-refractivity contribution >= 4 is 34.2 Å². The summed E-state index contributed by atoms with van der Waals surface area (Å²) in [6, 6.07) is 6.53. The highest BCUT2D eigenvalue weighted by atomic mass is 79.9. The third-order valence-corrected chi connectivity index (χ3v) is 3.98. The molecule has 0 saturated carbocycles. The average Bonchev–Trinajstić information content (AvgIpc) is 2.31. The summed E-state index contributed by atoms with van der Waals surface area (Å²) in [6.07, 6.45) is 0. The van der Waals surface area contributed by atoms with Crippen LogP contribution in [-0.2, 0) is 0 Å². The Morgan fingerprint density at radius 2 is 1.94 bits per heavy atom. The van der Waals surface area contributed by atoms with Crippen molar-refractivity contribution in [3.8, 4) is 0 Å². The van der Waals surface area contributed by atoms with Crippen molar-refractivity contribution < 1.29 is 0 Å². The third kappa shape index (κ3) is 3.39. The highest BCUT2D eigenvalue weighted by Crippen LogP contribution is 2.24. The van der Waals surface area contributed by atoms with Crippen molar-refractivity contribution in [2.75, 3.05) is 43.4 Å². The van der Waals surface area contributed by atoms with Crippen LogP contribution >= 0.6 is 28.6 Å². The Balaban J connectivity index is 2.00. The maximum absolute atomic E-state index is 4.29. The molecular weight excluding hydrogens is 296 g/mol. The summed E-state index contributed by atoms with van der Waals surface area (Å²) in [5, 5.41) is 0. The molecule has 1 heterocycles. The molecule has 1 aromatic rings. The molecule has 2 nitrogen and oxygen atoms in total. The minimum atomic E-state index is 0.956. The lowest BCUT2D eigenvalue weighted by molar-refractivity contribution is 0.273. The molecule has 0 spiro atoms. The normalized spacial score (nSPS) is 17.5. The highest BCUT2D eigenvalue weighted by Gasteiger charge is 2.17. The van der Waals surface area contributed by atoms with Crippen molar-refractivity contribution in [3.63, 3.8) is 0 Å². The molecule has 0 aliphatic carbocycles. The molecule has 2 rings (SSSR count). The van der Waals surface area contributed by atoms with E-state index in [4.69, 9.17) is 0 Å². The Morgan fingerprint density at radius 1 is 1.24 bits per heavy atom. The molecule has 0 unspecified atom stereocenters. The second-order valence-electron chi connectivity index (χ2n) is 4.48. The van der Waals surface area contributed by atoms with Crippen LogP contribution in [0.15, 0.2) is 22.7 Å². The first kappa shape index (κ1) is 13.2. The van der Waals surface area contributed by atoms with Crippen molar-refractivity contribution in [1.29, 1.82) is 0 Å².